The van der Waals surface area contributed by atoms with E-state index in [1.54, 1.807) is 0 Å². The highest BCUT2D eigenvalue weighted by molar-refractivity contribution is 5.66. The highest BCUT2D eigenvalue weighted by Gasteiger charge is 2.10. The third kappa shape index (κ3) is 1.07. The van der Waals surface area contributed by atoms with Crippen LogP contribution >= 0.6 is 0 Å². The molecule has 0 amide bonds. The summed E-state index contributed by atoms with van der Waals surface area (Å²) in [5.41, 5.74) is 1.11. The zero-order valence-corrected chi connectivity index (χ0v) is 7.28. The topological polar surface area (TPSA) is 29.0 Å². The van der Waals surface area contributed by atoms with Crippen LogP contribution in [0.5, 0.6) is 0 Å². The Morgan fingerprint density at radius 2 is 2.33 bits per heavy atom. The highest BCUT2D eigenvalue weighted by Crippen LogP contribution is 2.20. The van der Waals surface area contributed by atoms with E-state index in [0.29, 0.717) is 0 Å². The van der Waals surface area contributed by atoms with Crippen LogP contribution in [0.4, 0.5) is 5.82 Å². The lowest BCUT2D eigenvalue weighted by Crippen LogP contribution is -2.22. The van der Waals surface area contributed by atoms with Crippen molar-refractivity contribution in [3.05, 3.63) is 23.7 Å². The quantitative estimate of drug-likeness (QED) is 0.573. The van der Waals surface area contributed by atoms with Gasteiger partial charge in [-0.15, -0.1) is 0 Å². The molecule has 0 bridgehead atoms. The zero-order valence-electron chi connectivity index (χ0n) is 7.28. The summed E-state index contributed by atoms with van der Waals surface area (Å²) in [6, 6.07) is 0. The molecule has 2 rings (SSSR count). The summed E-state index contributed by atoms with van der Waals surface area (Å²) in [5.74, 6) is 1.86. The fourth-order valence-electron chi connectivity index (χ4n) is 1.31. The maximum atomic E-state index is 4.36. The second-order valence-corrected chi connectivity index (χ2v) is 2.98. The lowest BCUT2D eigenvalue weighted by atomic mass is 10.2. The summed E-state index contributed by atoms with van der Waals surface area (Å²) in [5, 5.41) is 0. The number of hydrogen-bond acceptors (Lipinski definition) is 3. The van der Waals surface area contributed by atoms with Gasteiger partial charge in [0.15, 0.2) is 0 Å². The van der Waals surface area contributed by atoms with E-state index in [9.17, 15) is 0 Å². The number of likely N-dealkylation sites (N-methyl/N-ethyl adjacent to an activating group) is 1. The Kier molecular flexibility index (Phi) is 1.57. The largest absolute Gasteiger partial charge is 0.355 e. The fraction of sp³-hybridized carbons (Fsp3) is 0.333. The van der Waals surface area contributed by atoms with Crippen LogP contribution in [0.25, 0.3) is 6.08 Å². The number of fused-ring (bicyclic) bond motifs is 1. The van der Waals surface area contributed by atoms with Crippen LogP contribution in [0.2, 0.25) is 0 Å². The van der Waals surface area contributed by atoms with Gasteiger partial charge < -0.3 is 4.90 Å². The lowest BCUT2D eigenvalue weighted by Gasteiger charge is -2.21. The Bertz CT molecular complexity index is 331. The van der Waals surface area contributed by atoms with Gasteiger partial charge in [-0.05, 0) is 6.92 Å². The molecule has 1 aromatic rings. The van der Waals surface area contributed by atoms with Gasteiger partial charge >= 0.3 is 0 Å². The van der Waals surface area contributed by atoms with Crippen molar-refractivity contribution in [2.24, 2.45) is 0 Å². The molecule has 0 saturated carbocycles. The van der Waals surface area contributed by atoms with Crippen LogP contribution in [0.1, 0.15) is 11.4 Å². The number of aromatic nitrogens is 2. The molecule has 0 atom stereocenters. The molecule has 62 valence electrons. The minimum atomic E-state index is 0.830. The molecular formula is C9H11N3. The Morgan fingerprint density at radius 3 is 3.17 bits per heavy atom. The second kappa shape index (κ2) is 2.59. The molecule has 1 aliphatic rings. The molecule has 0 radical (unpaired) electrons. The van der Waals surface area contributed by atoms with Crippen LogP contribution < -0.4 is 4.90 Å². The van der Waals surface area contributed by atoms with Gasteiger partial charge in [0.05, 0.1) is 0 Å². The van der Waals surface area contributed by atoms with Crippen LogP contribution in [0, 0.1) is 6.92 Å². The number of rotatable bonds is 0. The van der Waals surface area contributed by atoms with E-state index in [1.807, 2.05) is 20.2 Å². The third-order valence-corrected chi connectivity index (χ3v) is 1.95. The van der Waals surface area contributed by atoms with Crippen molar-refractivity contribution >= 4 is 11.9 Å². The summed E-state index contributed by atoms with van der Waals surface area (Å²) in [6.07, 6.45) is 6.04. The first-order valence-electron chi connectivity index (χ1n) is 3.98. The van der Waals surface area contributed by atoms with Gasteiger partial charge in [0.2, 0.25) is 0 Å². The maximum absolute atomic E-state index is 4.36. The van der Waals surface area contributed by atoms with E-state index in [-0.39, 0.29) is 0 Å². The minimum Gasteiger partial charge on any atom is -0.355 e. The maximum Gasteiger partial charge on any atom is 0.139 e. The SMILES string of the molecule is Cc1ncc2c(n1)N(C)CC=C2. The van der Waals surface area contributed by atoms with E-state index in [0.717, 1.165) is 23.8 Å². The summed E-state index contributed by atoms with van der Waals surface area (Å²) >= 11 is 0. The molecule has 2 heterocycles. The average Bonchev–Trinajstić information content (AvgIpc) is 2.07. The molecule has 0 N–H and O–H groups in total. The van der Waals surface area contributed by atoms with Crippen LogP contribution in [-0.4, -0.2) is 23.6 Å². The molecule has 0 aromatic carbocycles. The van der Waals surface area contributed by atoms with Crippen molar-refractivity contribution in [3.8, 4) is 0 Å². The van der Waals surface area contributed by atoms with Gasteiger partial charge in [0.25, 0.3) is 0 Å². The molecule has 1 aliphatic heterocycles. The van der Waals surface area contributed by atoms with Crippen LogP contribution in [-0.2, 0) is 0 Å². The van der Waals surface area contributed by atoms with E-state index in [1.165, 1.54) is 0 Å². The Morgan fingerprint density at radius 1 is 1.50 bits per heavy atom. The van der Waals surface area contributed by atoms with E-state index >= 15 is 0 Å². The Balaban J connectivity index is 2.56. The molecule has 0 aliphatic carbocycles. The van der Waals surface area contributed by atoms with Crippen molar-refractivity contribution in [1.82, 2.24) is 9.97 Å². The standard InChI is InChI=1S/C9H11N3/c1-7-10-6-8-4-3-5-12(2)9(8)11-7/h3-4,6H,5H2,1-2H3. The lowest BCUT2D eigenvalue weighted by molar-refractivity contribution is 0.934. The minimum absolute atomic E-state index is 0.830. The van der Waals surface area contributed by atoms with Crippen molar-refractivity contribution in [2.45, 2.75) is 6.92 Å². The summed E-state index contributed by atoms with van der Waals surface area (Å²) in [6.45, 7) is 2.84. The van der Waals surface area contributed by atoms with Gasteiger partial charge in [-0.3, -0.25) is 0 Å². The van der Waals surface area contributed by atoms with E-state index in [4.69, 9.17) is 0 Å². The van der Waals surface area contributed by atoms with Crippen LogP contribution in [0.3, 0.4) is 0 Å². The monoisotopic (exact) mass is 161 g/mol. The highest BCUT2D eigenvalue weighted by atomic mass is 15.2. The van der Waals surface area contributed by atoms with Crippen molar-refractivity contribution in [1.29, 1.82) is 0 Å². The van der Waals surface area contributed by atoms with Crippen LogP contribution in [0.15, 0.2) is 12.3 Å². The number of hydrogen-bond donors (Lipinski definition) is 0. The first-order valence-corrected chi connectivity index (χ1v) is 3.98. The van der Waals surface area contributed by atoms with E-state index < -0.39 is 0 Å². The smallest absolute Gasteiger partial charge is 0.139 e. The zero-order chi connectivity index (χ0) is 8.55. The van der Waals surface area contributed by atoms with Gasteiger partial charge in [-0.25, -0.2) is 9.97 Å². The van der Waals surface area contributed by atoms with E-state index in [2.05, 4.69) is 27.0 Å². The fourth-order valence-corrected chi connectivity index (χ4v) is 1.31. The van der Waals surface area contributed by atoms with Crippen molar-refractivity contribution < 1.29 is 0 Å². The van der Waals surface area contributed by atoms with Gasteiger partial charge in [0.1, 0.15) is 11.6 Å². The molecule has 0 spiro atoms. The summed E-state index contributed by atoms with van der Waals surface area (Å²) in [7, 11) is 2.04. The summed E-state index contributed by atoms with van der Waals surface area (Å²) in [4.78, 5) is 10.6. The third-order valence-electron chi connectivity index (χ3n) is 1.95. The molecule has 0 fully saturated rings. The van der Waals surface area contributed by atoms with Gasteiger partial charge in [-0.1, -0.05) is 12.2 Å². The molecule has 12 heavy (non-hydrogen) atoms. The van der Waals surface area contributed by atoms with Crippen molar-refractivity contribution in [2.75, 3.05) is 18.5 Å². The average molecular weight is 161 g/mol. The summed E-state index contributed by atoms with van der Waals surface area (Å²) < 4.78 is 0. The van der Waals surface area contributed by atoms with Crippen molar-refractivity contribution in [3.63, 3.8) is 0 Å². The molecule has 0 saturated heterocycles. The normalized spacial score (nSPS) is 14.7. The van der Waals surface area contributed by atoms with Gasteiger partial charge in [-0.2, -0.15) is 0 Å². The number of anilines is 1. The molecule has 1 aromatic heterocycles. The van der Waals surface area contributed by atoms with Gasteiger partial charge in [0, 0.05) is 25.4 Å². The first-order chi connectivity index (χ1) is 5.77. The Labute approximate surface area is 71.8 Å². The number of nitrogens with zero attached hydrogens (tertiary/aromatic N) is 3. The molecule has 3 heteroatoms. The molecule has 3 nitrogen and oxygen atoms in total. The second-order valence-electron chi connectivity index (χ2n) is 2.98. The predicted octanol–water partition coefficient (Wildman–Crippen LogP) is 1.25. The molecular weight excluding hydrogens is 150 g/mol. The first kappa shape index (κ1) is 7.28. The Hall–Kier alpha value is -1.38. The number of aryl methyl sites for hydroxylation is 1. The molecule has 0 unspecified atom stereocenters. The predicted molar refractivity (Wildman–Crippen MR) is 49.1 cm³/mol.